The Kier molecular flexibility index (Phi) is 7.20. The summed E-state index contributed by atoms with van der Waals surface area (Å²) >= 11 is 0. The van der Waals surface area contributed by atoms with E-state index in [4.69, 9.17) is 14.6 Å². The number of carboxylic acid groups (broad SMARTS) is 1. The molecule has 2 N–H and O–H groups in total. The van der Waals surface area contributed by atoms with Gasteiger partial charge in [0.2, 0.25) is 15.9 Å². The number of carboxylic acids is 1. The van der Waals surface area contributed by atoms with Crippen molar-refractivity contribution in [2.24, 2.45) is 0 Å². The third-order valence-corrected chi connectivity index (χ3v) is 4.61. The minimum atomic E-state index is -3.32. The van der Waals surface area contributed by atoms with Crippen molar-refractivity contribution < 1.29 is 32.6 Å². The number of hydrogen-bond acceptors (Lipinski definition) is 6. The number of nitrogens with one attached hydrogen (secondary N) is 1. The fourth-order valence-corrected chi connectivity index (χ4v) is 2.35. The van der Waals surface area contributed by atoms with E-state index in [1.807, 2.05) is 0 Å². The van der Waals surface area contributed by atoms with Gasteiger partial charge in [-0.1, -0.05) is 0 Å². The molecule has 1 amide bonds. The normalized spacial score (nSPS) is 22.5. The Morgan fingerprint density at radius 2 is 2.14 bits per heavy atom. The lowest BCUT2D eigenvalue weighted by molar-refractivity contribution is -0.149. The molecule has 1 aliphatic heterocycles. The molecule has 128 valence electrons. The number of ether oxygens (including phenoxy) is 2. The van der Waals surface area contributed by atoms with Crippen LogP contribution in [0.15, 0.2) is 0 Å². The van der Waals surface area contributed by atoms with Gasteiger partial charge in [-0.3, -0.25) is 4.79 Å². The number of amides is 1. The summed E-state index contributed by atoms with van der Waals surface area (Å²) in [4.78, 5) is 22.4. The maximum absolute atomic E-state index is 11.9. The van der Waals surface area contributed by atoms with Gasteiger partial charge < -0.3 is 19.9 Å². The van der Waals surface area contributed by atoms with Crippen LogP contribution in [0, 0.1) is 0 Å². The molecule has 10 heteroatoms. The van der Waals surface area contributed by atoms with Crippen LogP contribution in [0.4, 0.5) is 0 Å². The van der Waals surface area contributed by atoms with Crippen LogP contribution in [0.5, 0.6) is 0 Å². The molecule has 0 radical (unpaired) electrons. The lowest BCUT2D eigenvalue weighted by Crippen LogP contribution is -2.50. The molecule has 9 nitrogen and oxygen atoms in total. The first kappa shape index (κ1) is 18.8. The maximum atomic E-state index is 11.9. The SMILES string of the molecule is CN(CCC(=O)N[C@@H]1CCOC[C@H]1OCC(=O)O)S(C)(=O)=O. The Labute approximate surface area is 129 Å². The highest BCUT2D eigenvalue weighted by Gasteiger charge is 2.28. The van der Waals surface area contributed by atoms with Crippen LogP contribution in [0.3, 0.4) is 0 Å². The van der Waals surface area contributed by atoms with Crippen molar-refractivity contribution in [3.05, 3.63) is 0 Å². The number of sulfonamides is 1. The Bertz CT molecular complexity index is 494. The topological polar surface area (TPSA) is 122 Å². The predicted molar refractivity (Wildman–Crippen MR) is 76.8 cm³/mol. The first-order valence-electron chi connectivity index (χ1n) is 6.82. The monoisotopic (exact) mass is 338 g/mol. The molecule has 1 heterocycles. The van der Waals surface area contributed by atoms with Crippen molar-refractivity contribution in [1.82, 2.24) is 9.62 Å². The smallest absolute Gasteiger partial charge is 0.329 e. The van der Waals surface area contributed by atoms with E-state index in [1.165, 1.54) is 7.05 Å². The van der Waals surface area contributed by atoms with Gasteiger partial charge in [-0.05, 0) is 6.42 Å². The Hall–Kier alpha value is -1.23. The molecule has 0 bridgehead atoms. The summed E-state index contributed by atoms with van der Waals surface area (Å²) in [5, 5.41) is 11.4. The molecule has 1 fully saturated rings. The van der Waals surface area contributed by atoms with Crippen LogP contribution in [0.2, 0.25) is 0 Å². The first-order valence-corrected chi connectivity index (χ1v) is 8.67. The highest BCUT2D eigenvalue weighted by atomic mass is 32.2. The summed E-state index contributed by atoms with van der Waals surface area (Å²) in [6, 6.07) is -0.343. The number of nitrogens with zero attached hydrogens (tertiary/aromatic N) is 1. The standard InChI is InChI=1S/C12H22N2O7S/c1-14(22(2,18)19)5-3-11(15)13-9-4-6-20-7-10(9)21-8-12(16)17/h9-10H,3-8H2,1-2H3,(H,13,15)(H,16,17)/t9-,10-/m1/s1. The van der Waals surface area contributed by atoms with E-state index in [1.54, 1.807) is 0 Å². The van der Waals surface area contributed by atoms with Crippen LogP contribution in [-0.2, 0) is 29.1 Å². The zero-order valence-electron chi connectivity index (χ0n) is 12.6. The molecule has 0 aromatic heterocycles. The van der Waals surface area contributed by atoms with Gasteiger partial charge in [-0.2, -0.15) is 0 Å². The highest BCUT2D eigenvalue weighted by Crippen LogP contribution is 2.12. The van der Waals surface area contributed by atoms with Crippen molar-refractivity contribution in [3.8, 4) is 0 Å². The van der Waals surface area contributed by atoms with E-state index < -0.39 is 28.7 Å². The third kappa shape index (κ3) is 6.69. The Morgan fingerprint density at radius 1 is 1.45 bits per heavy atom. The molecule has 0 aliphatic carbocycles. The Balaban J connectivity index is 2.44. The number of aliphatic carboxylic acids is 1. The number of hydrogen-bond donors (Lipinski definition) is 2. The van der Waals surface area contributed by atoms with E-state index >= 15 is 0 Å². The van der Waals surface area contributed by atoms with Gasteiger partial charge in [0, 0.05) is 26.6 Å². The highest BCUT2D eigenvalue weighted by molar-refractivity contribution is 7.88. The van der Waals surface area contributed by atoms with Crippen LogP contribution >= 0.6 is 0 Å². The molecule has 1 rings (SSSR count). The fourth-order valence-electron chi connectivity index (χ4n) is 1.92. The third-order valence-electron chi connectivity index (χ3n) is 3.29. The van der Waals surface area contributed by atoms with Gasteiger partial charge >= 0.3 is 5.97 Å². The van der Waals surface area contributed by atoms with E-state index in [0.29, 0.717) is 13.0 Å². The van der Waals surface area contributed by atoms with Gasteiger partial charge in [-0.15, -0.1) is 0 Å². The summed E-state index contributed by atoms with van der Waals surface area (Å²) in [7, 11) is -1.92. The lowest BCUT2D eigenvalue weighted by atomic mass is 10.1. The predicted octanol–water partition coefficient (Wildman–Crippen LogP) is -1.36. The van der Waals surface area contributed by atoms with Crippen molar-refractivity contribution in [3.63, 3.8) is 0 Å². The molecule has 0 aromatic rings. The zero-order chi connectivity index (χ0) is 16.8. The fraction of sp³-hybridized carbons (Fsp3) is 0.833. The molecule has 1 aliphatic rings. The molecular weight excluding hydrogens is 316 g/mol. The quantitative estimate of drug-likeness (QED) is 0.560. The van der Waals surface area contributed by atoms with E-state index in [0.717, 1.165) is 10.6 Å². The maximum Gasteiger partial charge on any atom is 0.329 e. The number of carbonyl (C=O) groups excluding carboxylic acids is 1. The minimum absolute atomic E-state index is 0.0204. The number of carbonyl (C=O) groups is 2. The molecule has 0 aromatic carbocycles. The van der Waals surface area contributed by atoms with E-state index in [9.17, 15) is 18.0 Å². The zero-order valence-corrected chi connectivity index (χ0v) is 13.5. The average molecular weight is 338 g/mol. The first-order chi connectivity index (χ1) is 10.2. The van der Waals surface area contributed by atoms with Crippen LogP contribution in [0.1, 0.15) is 12.8 Å². The largest absolute Gasteiger partial charge is 0.480 e. The lowest BCUT2D eigenvalue weighted by Gasteiger charge is -2.31. The van der Waals surface area contributed by atoms with Crippen LogP contribution in [-0.4, -0.2) is 81.5 Å². The summed E-state index contributed by atoms with van der Waals surface area (Å²) in [6.45, 7) is 0.272. The van der Waals surface area contributed by atoms with E-state index in [2.05, 4.69) is 5.32 Å². The van der Waals surface area contributed by atoms with Crippen molar-refractivity contribution in [2.75, 3.05) is 39.7 Å². The molecule has 0 spiro atoms. The molecule has 22 heavy (non-hydrogen) atoms. The van der Waals surface area contributed by atoms with Crippen molar-refractivity contribution in [1.29, 1.82) is 0 Å². The van der Waals surface area contributed by atoms with Crippen LogP contribution < -0.4 is 5.32 Å². The molecule has 0 saturated carbocycles. The summed E-state index contributed by atoms with van der Waals surface area (Å²) in [6.07, 6.45) is 1.07. The molecule has 0 unspecified atom stereocenters. The minimum Gasteiger partial charge on any atom is -0.480 e. The van der Waals surface area contributed by atoms with Crippen molar-refractivity contribution >= 4 is 21.9 Å². The van der Waals surface area contributed by atoms with Gasteiger partial charge in [-0.25, -0.2) is 17.5 Å². The van der Waals surface area contributed by atoms with Gasteiger partial charge in [0.1, 0.15) is 12.7 Å². The Morgan fingerprint density at radius 3 is 2.73 bits per heavy atom. The second-order valence-corrected chi connectivity index (χ2v) is 7.20. The van der Waals surface area contributed by atoms with Gasteiger partial charge in [0.25, 0.3) is 0 Å². The molecular formula is C12H22N2O7S. The van der Waals surface area contributed by atoms with Crippen molar-refractivity contribution in [2.45, 2.75) is 25.0 Å². The second-order valence-electron chi connectivity index (χ2n) is 5.12. The van der Waals surface area contributed by atoms with Gasteiger partial charge in [0.15, 0.2) is 0 Å². The van der Waals surface area contributed by atoms with E-state index in [-0.39, 0.29) is 31.5 Å². The summed E-state index contributed by atoms with van der Waals surface area (Å²) in [5.41, 5.74) is 0. The molecule has 2 atom stereocenters. The summed E-state index contributed by atoms with van der Waals surface area (Å²) in [5.74, 6) is -1.41. The number of rotatable bonds is 8. The molecule has 1 saturated heterocycles. The summed E-state index contributed by atoms with van der Waals surface area (Å²) < 4.78 is 34.0. The average Bonchev–Trinajstić information content (AvgIpc) is 2.42. The second kappa shape index (κ2) is 8.42. The van der Waals surface area contributed by atoms with Crippen LogP contribution in [0.25, 0.3) is 0 Å². The van der Waals surface area contributed by atoms with Gasteiger partial charge in [0.05, 0.1) is 18.9 Å².